The highest BCUT2D eigenvalue weighted by molar-refractivity contribution is 7.85. The second-order valence-corrected chi connectivity index (χ2v) is 4.46. The lowest BCUT2D eigenvalue weighted by atomic mass is 10.4. The lowest BCUT2D eigenvalue weighted by molar-refractivity contribution is 0.149. The Morgan fingerprint density at radius 1 is 1.58 bits per heavy atom. The molecule has 74 valence electrons. The minimum absolute atomic E-state index is 0.0397. The van der Waals surface area contributed by atoms with Crippen LogP contribution in [0.1, 0.15) is 20.3 Å². The van der Waals surface area contributed by atoms with Crippen LogP contribution in [0.5, 0.6) is 0 Å². The van der Waals surface area contributed by atoms with Crippen molar-refractivity contribution in [1.29, 1.82) is 0 Å². The first kappa shape index (κ1) is 12.1. The summed E-state index contributed by atoms with van der Waals surface area (Å²) < 4.78 is 16.3. The molecule has 0 heterocycles. The molecule has 4 heteroatoms. The van der Waals surface area contributed by atoms with E-state index < -0.39 is 10.8 Å². The first-order valence-electron chi connectivity index (χ1n) is 4.35. The van der Waals surface area contributed by atoms with Gasteiger partial charge < -0.3 is 10.5 Å². The Labute approximate surface area is 77.1 Å². The first-order chi connectivity index (χ1) is 5.66. The quantitative estimate of drug-likeness (QED) is 0.599. The lowest BCUT2D eigenvalue weighted by Gasteiger charge is -2.04. The molecule has 0 aromatic rings. The van der Waals surface area contributed by atoms with Gasteiger partial charge in [0, 0.05) is 41.6 Å². The van der Waals surface area contributed by atoms with Crippen molar-refractivity contribution in [3.8, 4) is 0 Å². The Hall–Kier alpha value is 0.0700. The van der Waals surface area contributed by atoms with E-state index in [1.54, 1.807) is 0 Å². The molecule has 3 nitrogen and oxygen atoms in total. The summed E-state index contributed by atoms with van der Waals surface area (Å²) >= 11 is 0. The van der Waals surface area contributed by atoms with Crippen molar-refractivity contribution >= 4 is 10.8 Å². The van der Waals surface area contributed by atoms with Gasteiger partial charge in [0.2, 0.25) is 0 Å². The molecule has 0 aliphatic rings. The molecule has 0 fully saturated rings. The Bertz CT molecular complexity index is 128. The molecule has 0 rings (SSSR count). The van der Waals surface area contributed by atoms with E-state index >= 15 is 0 Å². The van der Waals surface area contributed by atoms with E-state index in [1.807, 2.05) is 13.8 Å². The van der Waals surface area contributed by atoms with Crippen molar-refractivity contribution in [2.75, 3.05) is 24.7 Å². The number of ether oxygens (including phenoxy) is 1. The van der Waals surface area contributed by atoms with Crippen molar-refractivity contribution in [2.45, 2.75) is 26.3 Å². The molecule has 0 saturated carbocycles. The normalized spacial score (nSPS) is 15.9. The molecule has 0 spiro atoms. The fourth-order valence-corrected chi connectivity index (χ4v) is 2.04. The smallest absolute Gasteiger partial charge is 0.0474 e. The summed E-state index contributed by atoms with van der Waals surface area (Å²) in [4.78, 5) is 0. The molecule has 0 aliphatic carbocycles. The van der Waals surface area contributed by atoms with Crippen LogP contribution in [0.2, 0.25) is 0 Å². The van der Waals surface area contributed by atoms with Gasteiger partial charge in [-0.1, -0.05) is 0 Å². The van der Waals surface area contributed by atoms with Crippen molar-refractivity contribution in [2.24, 2.45) is 5.73 Å². The van der Waals surface area contributed by atoms with Crippen molar-refractivity contribution in [3.05, 3.63) is 0 Å². The fourth-order valence-electron chi connectivity index (χ4n) is 0.843. The van der Waals surface area contributed by atoms with Gasteiger partial charge in [0.15, 0.2) is 0 Å². The minimum atomic E-state index is -0.759. The van der Waals surface area contributed by atoms with E-state index in [-0.39, 0.29) is 6.04 Å². The maximum atomic E-state index is 11.2. The maximum Gasteiger partial charge on any atom is 0.0474 e. The molecule has 0 radical (unpaired) electrons. The topological polar surface area (TPSA) is 52.3 Å². The van der Waals surface area contributed by atoms with Crippen LogP contribution in [0.4, 0.5) is 0 Å². The third-order valence-electron chi connectivity index (χ3n) is 1.31. The van der Waals surface area contributed by atoms with Crippen LogP contribution in [-0.4, -0.2) is 35.0 Å². The predicted molar refractivity (Wildman–Crippen MR) is 52.6 cm³/mol. The van der Waals surface area contributed by atoms with E-state index in [0.29, 0.717) is 18.1 Å². The standard InChI is InChI=1S/C8H19NO2S/c1-3-11-5-4-6-12(10)7-8(2)9/h8H,3-7,9H2,1-2H3. The molecule has 2 atom stereocenters. The third-order valence-corrected chi connectivity index (χ3v) is 2.96. The second-order valence-electron chi connectivity index (χ2n) is 2.84. The van der Waals surface area contributed by atoms with Crippen molar-refractivity contribution in [1.82, 2.24) is 0 Å². The van der Waals surface area contributed by atoms with Gasteiger partial charge in [0.1, 0.15) is 0 Å². The van der Waals surface area contributed by atoms with Gasteiger partial charge in [-0.3, -0.25) is 4.21 Å². The van der Waals surface area contributed by atoms with Crippen LogP contribution >= 0.6 is 0 Å². The van der Waals surface area contributed by atoms with Crippen LogP contribution in [0.15, 0.2) is 0 Å². The lowest BCUT2D eigenvalue weighted by Crippen LogP contribution is -2.24. The number of hydrogen-bond acceptors (Lipinski definition) is 3. The third kappa shape index (κ3) is 8.17. The average molecular weight is 193 g/mol. The molecule has 0 saturated heterocycles. The monoisotopic (exact) mass is 193 g/mol. The molecule has 0 amide bonds. The zero-order valence-electron chi connectivity index (χ0n) is 7.91. The second kappa shape index (κ2) is 7.71. The fraction of sp³-hybridized carbons (Fsp3) is 1.00. The van der Waals surface area contributed by atoms with E-state index in [4.69, 9.17) is 10.5 Å². The molecule has 2 unspecified atom stereocenters. The summed E-state index contributed by atoms with van der Waals surface area (Å²) in [5, 5.41) is 0. The first-order valence-corrected chi connectivity index (χ1v) is 5.84. The highest BCUT2D eigenvalue weighted by Gasteiger charge is 2.02. The molecule has 0 aromatic carbocycles. The van der Waals surface area contributed by atoms with Crippen LogP contribution in [-0.2, 0) is 15.5 Å². The van der Waals surface area contributed by atoms with E-state index in [9.17, 15) is 4.21 Å². The molecule has 12 heavy (non-hydrogen) atoms. The Balaban J connectivity index is 3.20. The molecule has 0 bridgehead atoms. The van der Waals surface area contributed by atoms with Crippen molar-refractivity contribution < 1.29 is 8.95 Å². The summed E-state index contributed by atoms with van der Waals surface area (Å²) in [6, 6.07) is 0.0397. The van der Waals surface area contributed by atoms with Crippen LogP contribution < -0.4 is 5.73 Å². The van der Waals surface area contributed by atoms with Crippen LogP contribution in [0.3, 0.4) is 0 Å². The SMILES string of the molecule is CCOCCCS(=O)CC(C)N. The van der Waals surface area contributed by atoms with Gasteiger partial charge in [-0.2, -0.15) is 0 Å². The number of rotatable bonds is 7. The summed E-state index contributed by atoms with van der Waals surface area (Å²) in [6.45, 7) is 5.28. The van der Waals surface area contributed by atoms with Crippen LogP contribution in [0, 0.1) is 0 Å². The van der Waals surface area contributed by atoms with Gasteiger partial charge in [-0.25, -0.2) is 0 Å². The summed E-state index contributed by atoms with van der Waals surface area (Å²) in [6.07, 6.45) is 0.868. The summed E-state index contributed by atoms with van der Waals surface area (Å²) in [5.74, 6) is 1.31. The zero-order valence-corrected chi connectivity index (χ0v) is 8.73. The van der Waals surface area contributed by atoms with Gasteiger partial charge in [-0.05, 0) is 20.3 Å². The van der Waals surface area contributed by atoms with Gasteiger partial charge in [0.05, 0.1) is 0 Å². The van der Waals surface area contributed by atoms with Gasteiger partial charge in [-0.15, -0.1) is 0 Å². The predicted octanol–water partition coefficient (Wildman–Crippen LogP) is 0.509. The average Bonchev–Trinajstić information content (AvgIpc) is 1.97. The summed E-state index contributed by atoms with van der Waals surface area (Å²) in [5.41, 5.74) is 5.50. The summed E-state index contributed by atoms with van der Waals surface area (Å²) in [7, 11) is -0.759. The Morgan fingerprint density at radius 3 is 2.75 bits per heavy atom. The molecular weight excluding hydrogens is 174 g/mol. The number of nitrogens with two attached hydrogens (primary N) is 1. The zero-order chi connectivity index (χ0) is 9.40. The van der Waals surface area contributed by atoms with Crippen molar-refractivity contribution in [3.63, 3.8) is 0 Å². The molecule has 2 N–H and O–H groups in total. The highest BCUT2D eigenvalue weighted by Crippen LogP contribution is 1.91. The highest BCUT2D eigenvalue weighted by atomic mass is 32.2. The van der Waals surface area contributed by atoms with E-state index in [1.165, 1.54) is 0 Å². The van der Waals surface area contributed by atoms with Gasteiger partial charge in [0.25, 0.3) is 0 Å². The maximum absolute atomic E-state index is 11.2. The molecule has 0 aromatic heterocycles. The van der Waals surface area contributed by atoms with Gasteiger partial charge >= 0.3 is 0 Å². The minimum Gasteiger partial charge on any atom is -0.382 e. The Morgan fingerprint density at radius 2 is 2.25 bits per heavy atom. The van der Waals surface area contributed by atoms with E-state index in [2.05, 4.69) is 0 Å². The number of hydrogen-bond donors (Lipinski definition) is 1. The largest absolute Gasteiger partial charge is 0.382 e. The van der Waals surface area contributed by atoms with Crippen LogP contribution in [0.25, 0.3) is 0 Å². The van der Waals surface area contributed by atoms with E-state index in [0.717, 1.165) is 13.0 Å². The Kier molecular flexibility index (Phi) is 7.75. The molecular formula is C8H19NO2S. The molecule has 0 aliphatic heterocycles.